The summed E-state index contributed by atoms with van der Waals surface area (Å²) in [4.78, 5) is 21.2. The lowest BCUT2D eigenvalue weighted by Gasteiger charge is -2.42. The third-order valence-electron chi connectivity index (χ3n) is 5.85. The number of nitrogens with one attached hydrogen (secondary N) is 2. The summed E-state index contributed by atoms with van der Waals surface area (Å²) in [5.41, 5.74) is 2.89. The summed E-state index contributed by atoms with van der Waals surface area (Å²) < 4.78 is 0. The van der Waals surface area contributed by atoms with Crippen molar-refractivity contribution in [2.45, 2.75) is 52.1 Å². The predicted octanol–water partition coefficient (Wildman–Crippen LogP) is 2.00. The molecule has 1 fully saturated rings. The quantitative estimate of drug-likeness (QED) is 0.581. The fourth-order valence-electron chi connectivity index (χ4n) is 3.98. The Labute approximate surface area is 169 Å². The highest BCUT2D eigenvalue weighted by Crippen LogP contribution is 2.24. The Morgan fingerprint density at radius 2 is 1.82 bits per heavy atom. The van der Waals surface area contributed by atoms with Crippen LogP contribution in [0.15, 0.2) is 29.3 Å². The minimum atomic E-state index is -0.0112. The van der Waals surface area contributed by atoms with E-state index >= 15 is 0 Å². The molecule has 3 rings (SSSR count). The lowest BCUT2D eigenvalue weighted by atomic mass is 9.94. The maximum absolute atomic E-state index is 12.3. The van der Waals surface area contributed by atoms with E-state index in [1.54, 1.807) is 0 Å². The minimum absolute atomic E-state index is 0.0112. The lowest BCUT2D eigenvalue weighted by molar-refractivity contribution is -0.128. The van der Waals surface area contributed by atoms with Gasteiger partial charge in [0.05, 0.1) is 0 Å². The van der Waals surface area contributed by atoms with E-state index in [0.717, 1.165) is 64.5 Å². The van der Waals surface area contributed by atoms with Crippen LogP contribution in [0.3, 0.4) is 0 Å². The summed E-state index contributed by atoms with van der Waals surface area (Å²) in [5, 5.41) is 6.72. The van der Waals surface area contributed by atoms with Gasteiger partial charge in [-0.05, 0) is 51.2 Å². The average molecular weight is 386 g/mol. The first-order valence-corrected chi connectivity index (χ1v) is 10.6. The second-order valence-corrected chi connectivity index (χ2v) is 8.39. The van der Waals surface area contributed by atoms with Gasteiger partial charge in [-0.25, -0.2) is 4.99 Å². The van der Waals surface area contributed by atoms with Gasteiger partial charge in [-0.1, -0.05) is 24.3 Å². The van der Waals surface area contributed by atoms with Gasteiger partial charge in [0.25, 0.3) is 0 Å². The Bertz CT molecular complexity index is 694. The first-order valence-electron chi connectivity index (χ1n) is 10.6. The van der Waals surface area contributed by atoms with Crippen LogP contribution in [0.4, 0.5) is 0 Å². The SMILES string of the molecule is CCNC(=NCC(=O)N1CCCC1)NCC(C)(C)N1CCc2ccccc2C1. The van der Waals surface area contributed by atoms with Crippen molar-refractivity contribution in [3.63, 3.8) is 0 Å². The number of hydrogen-bond acceptors (Lipinski definition) is 3. The van der Waals surface area contributed by atoms with Gasteiger partial charge in [0.1, 0.15) is 6.54 Å². The number of rotatable bonds is 6. The van der Waals surface area contributed by atoms with Gasteiger partial charge >= 0.3 is 0 Å². The maximum Gasteiger partial charge on any atom is 0.244 e. The molecule has 0 radical (unpaired) electrons. The van der Waals surface area contributed by atoms with Gasteiger partial charge < -0.3 is 15.5 Å². The summed E-state index contributed by atoms with van der Waals surface area (Å²) in [6.07, 6.45) is 3.32. The first kappa shape index (κ1) is 20.6. The van der Waals surface area contributed by atoms with E-state index in [1.807, 2.05) is 11.8 Å². The molecule has 154 valence electrons. The molecule has 2 aliphatic heterocycles. The van der Waals surface area contributed by atoms with Crippen LogP contribution >= 0.6 is 0 Å². The molecule has 0 saturated carbocycles. The maximum atomic E-state index is 12.3. The number of likely N-dealkylation sites (tertiary alicyclic amines) is 1. The van der Waals surface area contributed by atoms with Gasteiger partial charge in [-0.15, -0.1) is 0 Å². The second kappa shape index (κ2) is 9.41. The summed E-state index contributed by atoms with van der Waals surface area (Å²) >= 11 is 0. The zero-order valence-corrected chi connectivity index (χ0v) is 17.6. The Morgan fingerprint density at radius 1 is 1.11 bits per heavy atom. The molecule has 0 aliphatic carbocycles. The normalized spacial score (nSPS) is 18.1. The van der Waals surface area contributed by atoms with Crippen molar-refractivity contribution >= 4 is 11.9 Å². The molecule has 2 N–H and O–H groups in total. The summed E-state index contributed by atoms with van der Waals surface area (Å²) in [6, 6.07) is 8.73. The van der Waals surface area contributed by atoms with E-state index in [2.05, 4.69) is 58.6 Å². The monoisotopic (exact) mass is 385 g/mol. The van der Waals surface area contributed by atoms with Gasteiger partial charge in [0.15, 0.2) is 5.96 Å². The number of aliphatic imine (C=N–C) groups is 1. The first-order chi connectivity index (χ1) is 13.5. The highest BCUT2D eigenvalue weighted by atomic mass is 16.2. The molecule has 2 heterocycles. The molecule has 0 atom stereocenters. The van der Waals surface area contributed by atoms with Crippen LogP contribution in [0.25, 0.3) is 0 Å². The van der Waals surface area contributed by atoms with E-state index in [4.69, 9.17) is 0 Å². The van der Waals surface area contributed by atoms with Crippen molar-refractivity contribution in [3.8, 4) is 0 Å². The van der Waals surface area contributed by atoms with Gasteiger partial charge in [0, 0.05) is 44.8 Å². The number of carbonyl (C=O) groups is 1. The van der Waals surface area contributed by atoms with Crippen LogP contribution in [0.2, 0.25) is 0 Å². The second-order valence-electron chi connectivity index (χ2n) is 8.39. The molecule has 6 heteroatoms. The van der Waals surface area contributed by atoms with Crippen molar-refractivity contribution in [2.75, 3.05) is 39.3 Å². The molecule has 1 aromatic rings. The molecule has 0 spiro atoms. The Hall–Kier alpha value is -2.08. The number of nitrogens with zero attached hydrogens (tertiary/aromatic N) is 3. The molecular formula is C22H35N5O. The Morgan fingerprint density at radius 3 is 2.54 bits per heavy atom. The van der Waals surface area contributed by atoms with Gasteiger partial charge in [-0.2, -0.15) is 0 Å². The molecule has 0 aromatic heterocycles. The summed E-state index contributed by atoms with van der Waals surface area (Å²) in [6.45, 7) is 12.2. The van der Waals surface area contributed by atoms with E-state index in [9.17, 15) is 4.79 Å². The molecule has 0 unspecified atom stereocenters. The van der Waals surface area contributed by atoms with Crippen LogP contribution in [0, 0.1) is 0 Å². The highest BCUT2D eigenvalue weighted by molar-refractivity contribution is 5.85. The van der Waals surface area contributed by atoms with E-state index in [0.29, 0.717) is 0 Å². The fourth-order valence-corrected chi connectivity index (χ4v) is 3.98. The summed E-state index contributed by atoms with van der Waals surface area (Å²) in [5.74, 6) is 0.849. The van der Waals surface area contributed by atoms with Crippen molar-refractivity contribution < 1.29 is 4.79 Å². The zero-order valence-electron chi connectivity index (χ0n) is 17.6. The highest BCUT2D eigenvalue weighted by Gasteiger charge is 2.29. The topological polar surface area (TPSA) is 60.0 Å². The number of amides is 1. The predicted molar refractivity (Wildman–Crippen MR) is 114 cm³/mol. The van der Waals surface area contributed by atoms with E-state index in [1.165, 1.54) is 11.1 Å². The van der Waals surface area contributed by atoms with E-state index < -0.39 is 0 Å². The molecule has 1 amide bonds. The molecule has 6 nitrogen and oxygen atoms in total. The third-order valence-corrected chi connectivity index (χ3v) is 5.85. The van der Waals surface area contributed by atoms with Crippen molar-refractivity contribution in [2.24, 2.45) is 4.99 Å². The lowest BCUT2D eigenvalue weighted by Crippen LogP contribution is -2.54. The smallest absolute Gasteiger partial charge is 0.244 e. The molecular weight excluding hydrogens is 350 g/mol. The van der Waals surface area contributed by atoms with Crippen molar-refractivity contribution in [1.29, 1.82) is 0 Å². The number of fused-ring (bicyclic) bond motifs is 1. The van der Waals surface area contributed by atoms with E-state index in [-0.39, 0.29) is 18.0 Å². The Balaban J connectivity index is 1.56. The number of benzene rings is 1. The number of hydrogen-bond donors (Lipinski definition) is 2. The minimum Gasteiger partial charge on any atom is -0.357 e. The van der Waals surface area contributed by atoms with Crippen molar-refractivity contribution in [3.05, 3.63) is 35.4 Å². The molecule has 0 bridgehead atoms. The zero-order chi connectivity index (χ0) is 20.0. The summed E-state index contributed by atoms with van der Waals surface area (Å²) in [7, 11) is 0. The molecule has 1 saturated heterocycles. The number of carbonyl (C=O) groups excluding carboxylic acids is 1. The fraction of sp³-hybridized carbons (Fsp3) is 0.636. The van der Waals surface area contributed by atoms with Crippen LogP contribution in [-0.4, -0.2) is 66.5 Å². The molecule has 28 heavy (non-hydrogen) atoms. The van der Waals surface area contributed by atoms with Crippen LogP contribution in [-0.2, 0) is 17.8 Å². The largest absolute Gasteiger partial charge is 0.357 e. The van der Waals surface area contributed by atoms with Gasteiger partial charge in [0.2, 0.25) is 5.91 Å². The van der Waals surface area contributed by atoms with Crippen molar-refractivity contribution in [1.82, 2.24) is 20.4 Å². The molecule has 1 aromatic carbocycles. The van der Waals surface area contributed by atoms with Crippen LogP contribution < -0.4 is 10.6 Å². The van der Waals surface area contributed by atoms with Crippen LogP contribution in [0.1, 0.15) is 44.7 Å². The molecule has 2 aliphatic rings. The van der Waals surface area contributed by atoms with Crippen LogP contribution in [0.5, 0.6) is 0 Å². The standard InChI is InChI=1S/C22H35N5O/c1-4-23-21(24-15-20(28)26-12-7-8-13-26)25-17-22(2,3)27-14-11-18-9-5-6-10-19(18)16-27/h5-6,9-10H,4,7-8,11-17H2,1-3H3,(H2,23,24,25). The Kier molecular flexibility index (Phi) is 6.94. The average Bonchev–Trinajstić information content (AvgIpc) is 3.24. The third kappa shape index (κ3) is 5.25. The number of guanidine groups is 1. The van der Waals surface area contributed by atoms with Gasteiger partial charge in [-0.3, -0.25) is 9.69 Å².